The van der Waals surface area contributed by atoms with Crippen LogP contribution in [-0.4, -0.2) is 0 Å². The van der Waals surface area contributed by atoms with Crippen molar-refractivity contribution in [3.63, 3.8) is 0 Å². The van der Waals surface area contributed by atoms with Crippen molar-refractivity contribution in [2.24, 2.45) is 0 Å². The van der Waals surface area contributed by atoms with Crippen molar-refractivity contribution in [1.82, 2.24) is 0 Å². The van der Waals surface area contributed by atoms with E-state index in [2.05, 4.69) is 13.2 Å². The van der Waals surface area contributed by atoms with Crippen molar-refractivity contribution < 1.29 is 0 Å². The molecule has 0 unspecified atom stereocenters. The van der Waals surface area contributed by atoms with E-state index in [1.807, 2.05) is 64.2 Å². The Morgan fingerprint density at radius 2 is 1.07 bits per heavy atom. The summed E-state index contributed by atoms with van der Waals surface area (Å²) in [5.41, 5.74) is 2.34. The molecule has 0 aliphatic rings. The van der Waals surface area contributed by atoms with Gasteiger partial charge in [-0.1, -0.05) is 60.8 Å². The first-order chi connectivity index (χ1) is 6.62. The zero-order valence-electron chi connectivity index (χ0n) is 9.88. The van der Waals surface area contributed by atoms with Crippen molar-refractivity contribution in [2.75, 3.05) is 0 Å². The van der Waals surface area contributed by atoms with Gasteiger partial charge in [-0.15, -0.1) is 0 Å². The Bertz CT molecular complexity index is 211. The zero-order chi connectivity index (χ0) is 11.4. The second-order valence-corrected chi connectivity index (χ2v) is 2.90. The third kappa shape index (κ3) is 13.3. The first-order valence-electron chi connectivity index (χ1n) is 4.79. The smallest absolute Gasteiger partial charge is 0.0398 e. The highest BCUT2D eigenvalue weighted by molar-refractivity contribution is 5.25. The van der Waals surface area contributed by atoms with Crippen LogP contribution in [0, 0.1) is 0 Å². The summed E-state index contributed by atoms with van der Waals surface area (Å²) in [6.45, 7) is 15.3. The molecule has 0 aliphatic carbocycles. The quantitative estimate of drug-likeness (QED) is 0.441. The SMILES string of the molecule is C/C=C\C.C=C/C(C)=C\C=C(/C)C=C. The minimum Gasteiger partial charge on any atom is -0.0988 e. The number of allylic oxidation sites excluding steroid dienone is 8. The standard InChI is InChI=1S/C10H14.C4H8/c1-5-9(3)7-8-10(4)6-2;1-3-4-2/h5-8H,1-2H2,3-4H3;3-4H,1-2H3/b9-7-,10-8+;4-3-. The summed E-state index contributed by atoms with van der Waals surface area (Å²) >= 11 is 0. The Morgan fingerprint density at radius 1 is 0.786 bits per heavy atom. The predicted octanol–water partition coefficient (Wildman–Crippen LogP) is 4.83. The normalized spacial score (nSPS) is 12.0. The van der Waals surface area contributed by atoms with Gasteiger partial charge in [0.15, 0.2) is 0 Å². The average Bonchev–Trinajstić information content (AvgIpc) is 2.25. The lowest BCUT2D eigenvalue weighted by Gasteiger charge is -1.87. The zero-order valence-corrected chi connectivity index (χ0v) is 9.88. The Hall–Kier alpha value is -1.30. The van der Waals surface area contributed by atoms with E-state index >= 15 is 0 Å². The van der Waals surface area contributed by atoms with Gasteiger partial charge in [-0.05, 0) is 27.7 Å². The van der Waals surface area contributed by atoms with Crippen LogP contribution in [0.15, 0.2) is 60.8 Å². The second kappa shape index (κ2) is 11.7. The van der Waals surface area contributed by atoms with Crippen LogP contribution in [0.2, 0.25) is 0 Å². The molecule has 0 bridgehead atoms. The van der Waals surface area contributed by atoms with Gasteiger partial charge in [0, 0.05) is 0 Å². The predicted molar refractivity (Wildman–Crippen MR) is 68.4 cm³/mol. The van der Waals surface area contributed by atoms with Gasteiger partial charge in [0.2, 0.25) is 0 Å². The Morgan fingerprint density at radius 3 is 1.21 bits per heavy atom. The number of hydrogen-bond donors (Lipinski definition) is 0. The van der Waals surface area contributed by atoms with Gasteiger partial charge in [-0.25, -0.2) is 0 Å². The molecule has 0 rings (SSSR count). The molecule has 14 heavy (non-hydrogen) atoms. The minimum absolute atomic E-state index is 1.17. The van der Waals surface area contributed by atoms with Crippen LogP contribution in [0.5, 0.6) is 0 Å². The monoisotopic (exact) mass is 190 g/mol. The highest BCUT2D eigenvalue weighted by atomic mass is 13.8. The van der Waals surface area contributed by atoms with Crippen LogP contribution >= 0.6 is 0 Å². The number of hydrogen-bond acceptors (Lipinski definition) is 0. The van der Waals surface area contributed by atoms with Crippen LogP contribution in [0.3, 0.4) is 0 Å². The molecule has 0 atom stereocenters. The number of rotatable bonds is 3. The molecular formula is C14H22. The van der Waals surface area contributed by atoms with E-state index in [0.29, 0.717) is 0 Å². The summed E-state index contributed by atoms with van der Waals surface area (Å²) in [6, 6.07) is 0. The van der Waals surface area contributed by atoms with E-state index in [1.165, 1.54) is 11.1 Å². The molecule has 0 saturated heterocycles. The van der Waals surface area contributed by atoms with E-state index in [9.17, 15) is 0 Å². The van der Waals surface area contributed by atoms with Crippen LogP contribution in [0.25, 0.3) is 0 Å². The van der Waals surface area contributed by atoms with Crippen LogP contribution < -0.4 is 0 Å². The van der Waals surface area contributed by atoms with Crippen LogP contribution in [-0.2, 0) is 0 Å². The van der Waals surface area contributed by atoms with Gasteiger partial charge < -0.3 is 0 Å². The topological polar surface area (TPSA) is 0 Å². The van der Waals surface area contributed by atoms with E-state index in [-0.39, 0.29) is 0 Å². The van der Waals surface area contributed by atoms with Crippen molar-refractivity contribution in [1.29, 1.82) is 0 Å². The molecule has 0 heteroatoms. The van der Waals surface area contributed by atoms with Gasteiger partial charge in [0.1, 0.15) is 0 Å². The summed E-state index contributed by atoms with van der Waals surface area (Å²) in [7, 11) is 0. The third-order valence-electron chi connectivity index (χ3n) is 1.59. The van der Waals surface area contributed by atoms with E-state index in [1.54, 1.807) is 0 Å². The van der Waals surface area contributed by atoms with E-state index in [0.717, 1.165) is 0 Å². The fourth-order valence-electron chi connectivity index (χ4n) is 0.399. The maximum atomic E-state index is 3.64. The highest BCUT2D eigenvalue weighted by Gasteiger charge is 1.76. The molecule has 0 aromatic rings. The molecule has 0 N–H and O–H groups in total. The summed E-state index contributed by atoms with van der Waals surface area (Å²) in [4.78, 5) is 0. The average molecular weight is 190 g/mol. The first kappa shape index (κ1) is 15.2. The Balaban J connectivity index is 0. The van der Waals surface area contributed by atoms with Crippen LogP contribution in [0.1, 0.15) is 27.7 Å². The Kier molecular flexibility index (Phi) is 12.7. The molecule has 78 valence electrons. The molecule has 0 aromatic heterocycles. The molecular weight excluding hydrogens is 168 g/mol. The fourth-order valence-corrected chi connectivity index (χ4v) is 0.399. The van der Waals surface area contributed by atoms with Crippen molar-refractivity contribution >= 4 is 0 Å². The summed E-state index contributed by atoms with van der Waals surface area (Å²) < 4.78 is 0. The minimum atomic E-state index is 1.17. The highest BCUT2D eigenvalue weighted by Crippen LogP contribution is 1.97. The summed E-state index contributed by atoms with van der Waals surface area (Å²) in [5, 5.41) is 0. The molecule has 0 aromatic carbocycles. The van der Waals surface area contributed by atoms with Gasteiger partial charge in [0.05, 0.1) is 0 Å². The molecule has 0 radical (unpaired) electrons. The van der Waals surface area contributed by atoms with E-state index < -0.39 is 0 Å². The van der Waals surface area contributed by atoms with Gasteiger partial charge in [0.25, 0.3) is 0 Å². The maximum Gasteiger partial charge on any atom is -0.0398 e. The van der Waals surface area contributed by atoms with Gasteiger partial charge in [-0.2, -0.15) is 0 Å². The largest absolute Gasteiger partial charge is 0.0988 e. The van der Waals surface area contributed by atoms with Gasteiger partial charge in [-0.3, -0.25) is 0 Å². The third-order valence-corrected chi connectivity index (χ3v) is 1.59. The van der Waals surface area contributed by atoms with Crippen molar-refractivity contribution in [3.8, 4) is 0 Å². The lowest BCUT2D eigenvalue weighted by molar-refractivity contribution is 1.49. The molecule has 0 saturated carbocycles. The molecule has 0 nitrogen and oxygen atoms in total. The Labute approximate surface area is 89.0 Å². The van der Waals surface area contributed by atoms with Gasteiger partial charge >= 0.3 is 0 Å². The van der Waals surface area contributed by atoms with E-state index in [4.69, 9.17) is 0 Å². The molecule has 0 heterocycles. The summed E-state index contributed by atoms with van der Waals surface area (Å²) in [5.74, 6) is 0. The second-order valence-electron chi connectivity index (χ2n) is 2.90. The van der Waals surface area contributed by atoms with Crippen molar-refractivity contribution in [3.05, 3.63) is 60.8 Å². The molecule has 0 fully saturated rings. The summed E-state index contributed by atoms with van der Waals surface area (Å²) in [6.07, 6.45) is 11.7. The van der Waals surface area contributed by atoms with Crippen molar-refractivity contribution in [2.45, 2.75) is 27.7 Å². The fraction of sp³-hybridized carbons (Fsp3) is 0.286. The lowest BCUT2D eigenvalue weighted by atomic mass is 10.2. The maximum absolute atomic E-state index is 3.64. The molecule has 0 amide bonds. The lowest BCUT2D eigenvalue weighted by Crippen LogP contribution is -1.66. The van der Waals surface area contributed by atoms with Crippen LogP contribution in [0.4, 0.5) is 0 Å². The molecule has 0 aliphatic heterocycles. The first-order valence-corrected chi connectivity index (χ1v) is 4.79. The molecule has 0 spiro atoms.